The minimum Gasteiger partial charge on any atom is -0.464 e. The molecule has 216 valence electrons. The molecule has 2 saturated heterocycles. The fourth-order valence-electron chi connectivity index (χ4n) is 6.45. The average Bonchev–Trinajstić information content (AvgIpc) is 3.21. The summed E-state index contributed by atoms with van der Waals surface area (Å²) in [6.45, 7) is 8.47. The maximum Gasteiger partial charge on any atom is 0.332 e. The molecule has 0 unspecified atom stereocenters. The van der Waals surface area contributed by atoms with Crippen molar-refractivity contribution < 1.29 is 33.4 Å². The molecule has 0 aromatic heterocycles. The van der Waals surface area contributed by atoms with Crippen molar-refractivity contribution in [3.63, 3.8) is 0 Å². The van der Waals surface area contributed by atoms with E-state index >= 15 is 0 Å². The Morgan fingerprint density at radius 1 is 1.15 bits per heavy atom. The number of ether oxygens (including phenoxy) is 2. The highest BCUT2D eigenvalue weighted by Gasteiger charge is 2.63. The molecule has 10 nitrogen and oxygen atoms in total. The van der Waals surface area contributed by atoms with Gasteiger partial charge < -0.3 is 24.6 Å². The molecule has 3 heterocycles. The van der Waals surface area contributed by atoms with Gasteiger partial charge in [-0.05, 0) is 53.4 Å². The van der Waals surface area contributed by atoms with Gasteiger partial charge in [0.25, 0.3) is 0 Å². The van der Waals surface area contributed by atoms with Crippen molar-refractivity contribution in [3.05, 3.63) is 12.2 Å². The second-order valence-electron chi connectivity index (χ2n) is 12.5. The molecule has 0 spiro atoms. The van der Waals surface area contributed by atoms with Gasteiger partial charge in [-0.15, -0.1) is 0 Å². The second-order valence-corrected chi connectivity index (χ2v) is 12.5. The van der Waals surface area contributed by atoms with Crippen LogP contribution in [0, 0.1) is 23.7 Å². The van der Waals surface area contributed by atoms with E-state index in [1.54, 1.807) is 37.5 Å². The molecular formula is C29H43N3O7. The molecule has 3 aliphatic heterocycles. The molecule has 4 rings (SSSR count). The third-order valence-corrected chi connectivity index (χ3v) is 8.37. The van der Waals surface area contributed by atoms with Crippen LogP contribution in [0.15, 0.2) is 12.2 Å². The second kappa shape index (κ2) is 11.7. The first kappa shape index (κ1) is 29.1. The molecule has 0 radical (unpaired) electrons. The van der Waals surface area contributed by atoms with Gasteiger partial charge in [0.1, 0.15) is 17.2 Å². The first-order chi connectivity index (χ1) is 18.5. The lowest BCUT2D eigenvalue weighted by molar-refractivity contribution is -0.159. The number of allylic oxidation sites excluding steroid dienone is 1. The summed E-state index contributed by atoms with van der Waals surface area (Å²) in [6.07, 6.45) is 9.18. The van der Waals surface area contributed by atoms with E-state index in [4.69, 9.17) is 9.47 Å². The van der Waals surface area contributed by atoms with Crippen LogP contribution in [-0.2, 0) is 33.4 Å². The van der Waals surface area contributed by atoms with Gasteiger partial charge in [0, 0.05) is 43.3 Å². The highest BCUT2D eigenvalue weighted by Crippen LogP contribution is 2.47. The fraction of sp³-hybridized carbons (Fsp3) is 0.759. The Balaban J connectivity index is 1.64. The van der Waals surface area contributed by atoms with Crippen LogP contribution in [0.5, 0.6) is 0 Å². The maximum atomic E-state index is 14.1. The molecule has 3 amide bonds. The van der Waals surface area contributed by atoms with Crippen LogP contribution < -0.4 is 5.32 Å². The topological polar surface area (TPSA) is 122 Å². The van der Waals surface area contributed by atoms with E-state index in [9.17, 15) is 24.0 Å². The van der Waals surface area contributed by atoms with Crippen LogP contribution in [0.25, 0.3) is 0 Å². The zero-order valence-corrected chi connectivity index (χ0v) is 23.6. The molecule has 0 aromatic rings. The van der Waals surface area contributed by atoms with E-state index in [0.717, 1.165) is 32.1 Å². The van der Waals surface area contributed by atoms with Crippen LogP contribution in [-0.4, -0.2) is 83.4 Å². The number of carbonyl (C=O) groups excluding carboxylic acids is 5. The van der Waals surface area contributed by atoms with Crippen molar-refractivity contribution in [1.82, 2.24) is 15.1 Å². The Morgan fingerprint density at radius 3 is 2.62 bits per heavy atom. The summed E-state index contributed by atoms with van der Waals surface area (Å²) in [4.78, 5) is 68.6. The predicted octanol–water partition coefficient (Wildman–Crippen LogP) is 2.21. The molecule has 10 heteroatoms. The van der Waals surface area contributed by atoms with Gasteiger partial charge in [-0.1, -0.05) is 25.0 Å². The predicted molar refractivity (Wildman–Crippen MR) is 142 cm³/mol. The molecule has 3 fully saturated rings. The number of esters is 2. The average molecular weight is 546 g/mol. The summed E-state index contributed by atoms with van der Waals surface area (Å²) in [5, 5.41) is 2.99. The van der Waals surface area contributed by atoms with Crippen LogP contribution in [0.3, 0.4) is 0 Å². The van der Waals surface area contributed by atoms with Gasteiger partial charge in [0.2, 0.25) is 18.2 Å². The molecule has 1 N–H and O–H groups in total. The van der Waals surface area contributed by atoms with Crippen molar-refractivity contribution in [3.8, 4) is 0 Å². The quantitative estimate of drug-likeness (QED) is 0.319. The molecule has 6 atom stereocenters. The summed E-state index contributed by atoms with van der Waals surface area (Å²) in [5.41, 5.74) is -1.81. The Labute approximate surface area is 230 Å². The van der Waals surface area contributed by atoms with Crippen LogP contribution >= 0.6 is 0 Å². The minimum absolute atomic E-state index is 0.0501. The number of fused-ring (bicyclic) bond motifs is 4. The fourth-order valence-corrected chi connectivity index (χ4v) is 6.45. The summed E-state index contributed by atoms with van der Waals surface area (Å²) in [5.74, 6) is -2.61. The van der Waals surface area contributed by atoms with E-state index in [2.05, 4.69) is 11.4 Å². The van der Waals surface area contributed by atoms with E-state index in [-0.39, 0.29) is 36.7 Å². The number of hydrogen-bond acceptors (Lipinski definition) is 7. The first-order valence-electron chi connectivity index (χ1n) is 14.4. The van der Waals surface area contributed by atoms with Gasteiger partial charge in [0.15, 0.2) is 0 Å². The summed E-state index contributed by atoms with van der Waals surface area (Å²) in [6, 6.07) is -0.838. The molecule has 39 heavy (non-hydrogen) atoms. The zero-order valence-electron chi connectivity index (χ0n) is 23.6. The number of nitrogens with zero attached hydrogens (tertiary/aromatic N) is 2. The van der Waals surface area contributed by atoms with Gasteiger partial charge in [-0.3, -0.25) is 19.2 Å². The Hall–Kier alpha value is -2.91. The van der Waals surface area contributed by atoms with Gasteiger partial charge in [-0.25, -0.2) is 4.79 Å². The normalized spacial score (nSPS) is 34.0. The number of amides is 3. The summed E-state index contributed by atoms with van der Waals surface area (Å²) >= 11 is 0. The number of likely N-dealkylation sites (tertiary alicyclic amines) is 1. The van der Waals surface area contributed by atoms with E-state index in [1.165, 1.54) is 0 Å². The number of nitrogens with one attached hydrogen (secondary N) is 1. The Morgan fingerprint density at radius 2 is 1.92 bits per heavy atom. The minimum atomic E-state index is -1.14. The largest absolute Gasteiger partial charge is 0.464 e. The highest BCUT2D eigenvalue weighted by molar-refractivity contribution is 5.96. The zero-order chi connectivity index (χ0) is 28.4. The third-order valence-electron chi connectivity index (χ3n) is 8.37. The van der Waals surface area contributed by atoms with Gasteiger partial charge in [0.05, 0.1) is 13.0 Å². The molecule has 0 aromatic carbocycles. The van der Waals surface area contributed by atoms with Crippen LogP contribution in [0.4, 0.5) is 0 Å². The Bertz CT molecular complexity index is 1010. The van der Waals surface area contributed by atoms with Crippen molar-refractivity contribution in [2.24, 2.45) is 23.7 Å². The number of rotatable bonds is 5. The first-order valence-corrected chi connectivity index (χ1v) is 14.4. The molecule has 0 bridgehead atoms. The summed E-state index contributed by atoms with van der Waals surface area (Å²) < 4.78 is 10.9. The monoisotopic (exact) mass is 545 g/mol. The van der Waals surface area contributed by atoms with Gasteiger partial charge in [-0.2, -0.15) is 0 Å². The SMILES string of the molecule is CCOC(=O)[C@@]12C[C@H]1/C=C\CCCCC[C@H](CC(=O)OC(C)(C)C)C(=O)N1C[C@@H]3CN(C=O)C[C@@H]3[C@H]1C(=O)N2. The lowest BCUT2D eigenvalue weighted by atomic mass is 9.92. The molecule has 1 aliphatic carbocycles. The van der Waals surface area contributed by atoms with Crippen LogP contribution in [0.1, 0.15) is 72.6 Å². The van der Waals surface area contributed by atoms with Crippen molar-refractivity contribution >= 4 is 30.2 Å². The molecule has 4 aliphatic rings. The molecule has 1 saturated carbocycles. The number of hydrogen-bond donors (Lipinski definition) is 1. The van der Waals surface area contributed by atoms with E-state index in [0.29, 0.717) is 32.5 Å². The lowest BCUT2D eigenvalue weighted by Gasteiger charge is -2.32. The van der Waals surface area contributed by atoms with E-state index < -0.39 is 40.9 Å². The summed E-state index contributed by atoms with van der Waals surface area (Å²) in [7, 11) is 0. The van der Waals surface area contributed by atoms with Crippen molar-refractivity contribution in [1.29, 1.82) is 0 Å². The lowest BCUT2D eigenvalue weighted by Crippen LogP contribution is -2.56. The van der Waals surface area contributed by atoms with Crippen molar-refractivity contribution in [2.75, 3.05) is 26.2 Å². The Kier molecular flexibility index (Phi) is 8.71. The van der Waals surface area contributed by atoms with Crippen LogP contribution in [0.2, 0.25) is 0 Å². The van der Waals surface area contributed by atoms with Crippen molar-refractivity contribution in [2.45, 2.75) is 89.8 Å². The van der Waals surface area contributed by atoms with Gasteiger partial charge >= 0.3 is 11.9 Å². The number of carbonyl (C=O) groups is 5. The standard InChI is InChI=1S/C29H43N3O7/c1-5-38-27(37)29-14-21(29)12-10-8-6-7-9-11-19(13-23(34)39-28(2,3)4)26(36)32-16-20-15-31(18-33)17-22(20)24(32)25(35)30-29/h10,12,18-22,24H,5-9,11,13-17H2,1-4H3,(H,30,35)/b12-10-/t19-,20+,21-,22+,24+,29-/m1/s1. The maximum absolute atomic E-state index is 14.1. The highest BCUT2D eigenvalue weighted by atomic mass is 16.6. The third kappa shape index (κ3) is 6.47. The van der Waals surface area contributed by atoms with E-state index in [1.807, 2.05) is 6.08 Å². The molecular weight excluding hydrogens is 502 g/mol. The smallest absolute Gasteiger partial charge is 0.332 e.